The van der Waals surface area contributed by atoms with E-state index in [1.807, 2.05) is 54.6 Å². The van der Waals surface area contributed by atoms with Gasteiger partial charge in [-0.2, -0.15) is 0 Å². The molecule has 0 aliphatic heterocycles. The second kappa shape index (κ2) is 10.9. The lowest BCUT2D eigenvalue weighted by Crippen LogP contribution is -1.92. The molecule has 1 heterocycles. The molecule has 0 amide bonds. The van der Waals surface area contributed by atoms with Gasteiger partial charge in [0.2, 0.25) is 0 Å². The van der Waals surface area contributed by atoms with Crippen molar-refractivity contribution in [1.82, 2.24) is 0 Å². The van der Waals surface area contributed by atoms with Crippen molar-refractivity contribution in [3.05, 3.63) is 182 Å². The van der Waals surface area contributed by atoms with Gasteiger partial charge in [0.1, 0.15) is 11.2 Å². The number of fused-ring (bicyclic) bond motifs is 9. The third-order valence-corrected chi connectivity index (χ3v) is 10.1. The van der Waals surface area contributed by atoms with Crippen molar-refractivity contribution in [3.63, 3.8) is 0 Å². The second-order valence-electron chi connectivity index (χ2n) is 12.9. The van der Waals surface area contributed by atoms with Crippen LogP contribution in [0.1, 0.15) is 12.3 Å². The molecule has 11 aromatic rings. The van der Waals surface area contributed by atoms with Crippen LogP contribution in [-0.2, 0) is 0 Å². The van der Waals surface area contributed by atoms with Gasteiger partial charge in [0.15, 0.2) is 0 Å². The summed E-state index contributed by atoms with van der Waals surface area (Å²) >= 11 is 0. The summed E-state index contributed by atoms with van der Waals surface area (Å²) in [7, 11) is 0. The van der Waals surface area contributed by atoms with E-state index in [1.54, 1.807) is 0 Å². The van der Waals surface area contributed by atoms with E-state index in [4.69, 9.17) is 14.0 Å². The molecule has 0 atom stereocenters. The second-order valence-corrected chi connectivity index (χ2v) is 12.9. The van der Waals surface area contributed by atoms with Gasteiger partial charge in [0.25, 0.3) is 0 Å². The Hall–Kier alpha value is -6.70. The molecule has 0 fully saturated rings. The average Bonchev–Trinajstić information content (AvgIpc) is 3.67. The van der Waals surface area contributed by atoms with Gasteiger partial charge in [-0.1, -0.05) is 151 Å². The van der Waals surface area contributed by atoms with Crippen LogP contribution < -0.4 is 0 Å². The first kappa shape index (κ1) is 20.7. The van der Waals surface area contributed by atoms with Crippen molar-refractivity contribution in [3.8, 4) is 33.4 Å². The molecule has 11 rings (SSSR count). The largest absolute Gasteiger partial charge is 0.455 e. The van der Waals surface area contributed by atoms with E-state index in [1.165, 1.54) is 0 Å². The highest BCUT2D eigenvalue weighted by molar-refractivity contribution is 6.25. The van der Waals surface area contributed by atoms with Crippen LogP contribution in [0.4, 0.5) is 0 Å². The van der Waals surface area contributed by atoms with Crippen molar-refractivity contribution in [2.24, 2.45) is 0 Å². The fraction of sp³-hybridized carbons (Fsp3) is 0. The Kier molecular flexibility index (Phi) is 4.43. The molecule has 0 saturated carbocycles. The van der Waals surface area contributed by atoms with Crippen molar-refractivity contribution in [2.75, 3.05) is 0 Å². The number of furan rings is 1. The minimum Gasteiger partial charge on any atom is -0.455 e. The zero-order chi connectivity index (χ0) is 41.3. The Balaban J connectivity index is 1.28. The van der Waals surface area contributed by atoms with Gasteiger partial charge in [0, 0.05) is 16.2 Å². The lowest BCUT2D eigenvalue weighted by atomic mass is 9.83. The van der Waals surface area contributed by atoms with Crippen LogP contribution >= 0.6 is 0 Å². The van der Waals surface area contributed by atoms with Crippen molar-refractivity contribution >= 4 is 75.8 Å². The summed E-state index contributed by atoms with van der Waals surface area (Å²) in [4.78, 5) is 0. The highest BCUT2D eigenvalue weighted by atomic mass is 16.3. The molecule has 1 heteroatoms. The molecule has 0 radical (unpaired) electrons. The molecule has 0 unspecified atom stereocenters. The Bertz CT molecular complexity index is 3660. The molecule has 0 saturated heterocycles. The first-order valence-corrected chi connectivity index (χ1v) is 16.9. The van der Waals surface area contributed by atoms with Crippen LogP contribution in [0.3, 0.4) is 0 Å². The standard InChI is InChI=1S/C50H30O/c1-2-14-33-28-35(25-24-31(33)12-1)47-40-18-7-9-20-42(40)48(43-21-10-8-19-41(43)47)45-30-36(29-34-15-4-5-16-37(34)45)38-22-11-23-46-49(38)44-27-26-32-13-3-6-17-39(32)50(44)51-46/h1-30H/i3D,6D,11D,13D,17D,22D,23D,26D,27D. The van der Waals surface area contributed by atoms with E-state index in [2.05, 4.69) is 72.8 Å². The van der Waals surface area contributed by atoms with Crippen molar-refractivity contribution in [2.45, 2.75) is 0 Å². The van der Waals surface area contributed by atoms with Gasteiger partial charge < -0.3 is 4.42 Å². The van der Waals surface area contributed by atoms with Gasteiger partial charge >= 0.3 is 0 Å². The SMILES string of the molecule is [2H]c1c([2H])c(-c2cc(-c3c4ccccc4c(-c4ccc5ccccc5c4)c4ccccc34)c3ccccc3c2)c2c(oc3c4c([2H])c([2H])c([2H])c([2H])c4c([2H])c([2H])c32)c1[2H]. The number of rotatable bonds is 3. The minimum absolute atomic E-state index is 0.0508. The summed E-state index contributed by atoms with van der Waals surface area (Å²) in [6.07, 6.45) is 0. The molecule has 236 valence electrons. The van der Waals surface area contributed by atoms with Gasteiger partial charge in [-0.25, -0.2) is 0 Å². The van der Waals surface area contributed by atoms with E-state index in [0.717, 1.165) is 65.3 Å². The highest BCUT2D eigenvalue weighted by Crippen LogP contribution is 2.48. The third kappa shape index (κ3) is 4.22. The fourth-order valence-corrected chi connectivity index (χ4v) is 7.92. The van der Waals surface area contributed by atoms with Gasteiger partial charge in [-0.15, -0.1) is 0 Å². The van der Waals surface area contributed by atoms with Crippen LogP contribution in [-0.4, -0.2) is 0 Å². The van der Waals surface area contributed by atoms with E-state index in [0.29, 0.717) is 5.56 Å². The van der Waals surface area contributed by atoms with Crippen LogP contribution in [0.2, 0.25) is 0 Å². The summed E-state index contributed by atoms with van der Waals surface area (Å²) in [5.41, 5.74) is 4.62. The van der Waals surface area contributed by atoms with Crippen LogP contribution in [0.15, 0.2) is 186 Å². The molecule has 0 aliphatic carbocycles. The number of benzene rings is 10. The third-order valence-electron chi connectivity index (χ3n) is 10.1. The monoisotopic (exact) mass is 655 g/mol. The normalized spacial score (nSPS) is 14.4. The molecule has 0 aliphatic rings. The van der Waals surface area contributed by atoms with Crippen LogP contribution in [0.25, 0.3) is 109 Å². The Labute approximate surface area is 307 Å². The molecule has 1 nitrogen and oxygen atoms in total. The van der Waals surface area contributed by atoms with E-state index < -0.39 is 42.3 Å². The lowest BCUT2D eigenvalue weighted by Gasteiger charge is -2.20. The van der Waals surface area contributed by atoms with Crippen LogP contribution in [0, 0.1) is 0 Å². The highest BCUT2D eigenvalue weighted by Gasteiger charge is 2.20. The molecule has 0 N–H and O–H groups in total. The Morgan fingerprint density at radius 3 is 1.80 bits per heavy atom. The molecule has 0 spiro atoms. The quantitative estimate of drug-likeness (QED) is 0.173. The minimum atomic E-state index is -0.534. The summed E-state index contributed by atoms with van der Waals surface area (Å²) in [5, 5.41) is 8.24. The topological polar surface area (TPSA) is 13.1 Å². The van der Waals surface area contributed by atoms with E-state index in [9.17, 15) is 2.74 Å². The zero-order valence-electron chi connectivity index (χ0n) is 36.0. The van der Waals surface area contributed by atoms with Gasteiger partial charge in [0.05, 0.1) is 12.3 Å². The number of hydrogen-bond donors (Lipinski definition) is 0. The molecule has 51 heavy (non-hydrogen) atoms. The summed E-state index contributed by atoms with van der Waals surface area (Å²) < 4.78 is 86.2. The lowest BCUT2D eigenvalue weighted by molar-refractivity contribution is 0.673. The predicted octanol–water partition coefficient (Wildman–Crippen LogP) is 14.4. The smallest absolute Gasteiger partial charge is 0.143 e. The van der Waals surface area contributed by atoms with Gasteiger partial charge in [-0.3, -0.25) is 0 Å². The zero-order valence-corrected chi connectivity index (χ0v) is 27.0. The summed E-state index contributed by atoms with van der Waals surface area (Å²) in [6, 6.07) is 39.8. The summed E-state index contributed by atoms with van der Waals surface area (Å²) in [5.74, 6) is 0. The maximum atomic E-state index is 9.44. The Morgan fingerprint density at radius 2 is 1.02 bits per heavy atom. The number of hydrogen-bond acceptors (Lipinski definition) is 1. The summed E-state index contributed by atoms with van der Waals surface area (Å²) in [6.45, 7) is 0. The molecule has 1 aromatic heterocycles. The molecular weight excluding hydrogens is 617 g/mol. The fourth-order valence-electron chi connectivity index (χ4n) is 7.92. The maximum absolute atomic E-state index is 9.44. The van der Waals surface area contributed by atoms with Crippen molar-refractivity contribution < 1.29 is 16.8 Å². The molecule has 0 bridgehead atoms. The Morgan fingerprint density at radius 1 is 0.373 bits per heavy atom. The van der Waals surface area contributed by atoms with E-state index >= 15 is 0 Å². The maximum Gasteiger partial charge on any atom is 0.143 e. The average molecular weight is 656 g/mol. The van der Waals surface area contributed by atoms with E-state index in [-0.39, 0.29) is 50.4 Å². The van der Waals surface area contributed by atoms with Crippen LogP contribution in [0.5, 0.6) is 0 Å². The first-order valence-electron chi connectivity index (χ1n) is 21.4. The van der Waals surface area contributed by atoms with Gasteiger partial charge in [-0.05, 0) is 112 Å². The van der Waals surface area contributed by atoms with Crippen molar-refractivity contribution in [1.29, 1.82) is 0 Å². The predicted molar refractivity (Wildman–Crippen MR) is 218 cm³/mol. The first-order chi connectivity index (χ1) is 29.0. The molecular formula is C50H30O. The molecule has 10 aromatic carbocycles.